The Bertz CT molecular complexity index is 1410. The van der Waals surface area contributed by atoms with Crippen molar-refractivity contribution in [2.45, 2.75) is 40.5 Å². The number of likely N-dealkylation sites (tertiary alicyclic amines) is 2. The molecule has 11 heteroatoms. The summed E-state index contributed by atoms with van der Waals surface area (Å²) in [5.41, 5.74) is 9.39. The van der Waals surface area contributed by atoms with Crippen molar-refractivity contribution in [3.63, 3.8) is 0 Å². The third-order valence-corrected chi connectivity index (χ3v) is 7.84. The molecule has 0 bridgehead atoms. The number of rotatable bonds is 6. The molecule has 1 atom stereocenters. The molecule has 0 aliphatic carbocycles. The Labute approximate surface area is 248 Å². The zero-order valence-electron chi connectivity index (χ0n) is 25.5. The zero-order valence-corrected chi connectivity index (χ0v) is 25.5. The van der Waals surface area contributed by atoms with Gasteiger partial charge in [-0.3, -0.25) is 15.2 Å². The van der Waals surface area contributed by atoms with Gasteiger partial charge in [0.05, 0.1) is 13.3 Å². The molecule has 2 fully saturated rings. The number of hydrogen-bond donors (Lipinski definition) is 4. The van der Waals surface area contributed by atoms with Crippen molar-refractivity contribution in [3.05, 3.63) is 65.5 Å². The van der Waals surface area contributed by atoms with Crippen LogP contribution in [-0.2, 0) is 4.74 Å². The van der Waals surface area contributed by atoms with Crippen LogP contribution in [0.1, 0.15) is 49.5 Å². The lowest BCUT2D eigenvalue weighted by Crippen LogP contribution is -2.35. The van der Waals surface area contributed by atoms with Gasteiger partial charge in [-0.25, -0.2) is 9.98 Å². The van der Waals surface area contributed by atoms with E-state index in [2.05, 4.69) is 44.0 Å². The highest BCUT2D eigenvalue weighted by molar-refractivity contribution is 6.41. The molecule has 3 aliphatic heterocycles. The smallest absolute Gasteiger partial charge is 0.256 e. The van der Waals surface area contributed by atoms with Gasteiger partial charge in [0.1, 0.15) is 28.8 Å². The van der Waals surface area contributed by atoms with Crippen molar-refractivity contribution in [2.24, 2.45) is 31.5 Å². The zero-order chi connectivity index (χ0) is 30.7. The van der Waals surface area contributed by atoms with Crippen LogP contribution in [0.5, 0.6) is 0 Å². The second-order valence-corrected chi connectivity index (χ2v) is 12.3. The number of methoxy groups -OCH3 is 1. The maximum absolute atomic E-state index is 13.0. The fourth-order valence-corrected chi connectivity index (χ4v) is 5.55. The molecule has 42 heavy (non-hydrogen) atoms. The highest BCUT2D eigenvalue weighted by Gasteiger charge is 2.43. The summed E-state index contributed by atoms with van der Waals surface area (Å²) >= 11 is 0. The molecule has 4 rings (SSSR count). The average Bonchev–Trinajstić information content (AvgIpc) is 3.52. The number of amidine groups is 1. The van der Waals surface area contributed by atoms with Crippen LogP contribution < -0.4 is 16.4 Å². The number of nitrogens with two attached hydrogens (primary N) is 1. The van der Waals surface area contributed by atoms with Crippen molar-refractivity contribution >= 4 is 35.3 Å². The lowest BCUT2D eigenvalue weighted by molar-refractivity contribution is 0.0977. The van der Waals surface area contributed by atoms with Gasteiger partial charge < -0.3 is 30.9 Å². The van der Waals surface area contributed by atoms with Crippen molar-refractivity contribution in [2.75, 3.05) is 45.7 Å². The third kappa shape index (κ3) is 6.96. The van der Waals surface area contributed by atoms with Gasteiger partial charge in [-0.2, -0.15) is 0 Å². The van der Waals surface area contributed by atoms with Crippen LogP contribution in [0.4, 0.5) is 5.69 Å². The van der Waals surface area contributed by atoms with Gasteiger partial charge in [0.2, 0.25) is 5.96 Å². The number of carbonyl (C=O) groups excluding carboxylic acids is 1. The summed E-state index contributed by atoms with van der Waals surface area (Å²) in [6, 6.07) is 5.22. The monoisotopic (exact) mass is 573 g/mol. The fraction of sp³-hybridized carbons (Fsp3) is 0.452. The Morgan fingerprint density at radius 1 is 1.26 bits per heavy atom. The largest absolute Gasteiger partial charge is 0.500 e. The molecule has 1 unspecified atom stereocenters. The van der Waals surface area contributed by atoms with Crippen LogP contribution in [0.2, 0.25) is 0 Å². The highest BCUT2D eigenvalue weighted by Crippen LogP contribution is 2.39. The van der Waals surface area contributed by atoms with Crippen LogP contribution in [0.25, 0.3) is 0 Å². The minimum Gasteiger partial charge on any atom is -0.500 e. The molecule has 1 amide bonds. The normalized spacial score (nSPS) is 23.3. The number of carbonyl (C=O) groups is 1. The number of ether oxygens (including phenoxy) is 1. The van der Waals surface area contributed by atoms with E-state index in [1.54, 1.807) is 25.5 Å². The Balaban J connectivity index is 1.56. The van der Waals surface area contributed by atoms with E-state index in [9.17, 15) is 4.79 Å². The van der Waals surface area contributed by atoms with Gasteiger partial charge in [0.25, 0.3) is 5.91 Å². The molecule has 0 radical (unpaired) electrons. The summed E-state index contributed by atoms with van der Waals surface area (Å²) < 4.78 is 5.40. The number of nitrogens with zero attached hydrogens (tertiary/aromatic N) is 5. The lowest BCUT2D eigenvalue weighted by Gasteiger charge is -2.25. The Morgan fingerprint density at radius 3 is 2.64 bits per heavy atom. The number of nitrogens with one attached hydrogen (secondary N) is 3. The molecule has 2 saturated heterocycles. The summed E-state index contributed by atoms with van der Waals surface area (Å²) in [7, 11) is 3.72. The van der Waals surface area contributed by atoms with Gasteiger partial charge >= 0.3 is 0 Å². The summed E-state index contributed by atoms with van der Waals surface area (Å²) in [5.74, 6) is 0.997. The highest BCUT2D eigenvalue weighted by atomic mass is 16.5. The van der Waals surface area contributed by atoms with Gasteiger partial charge in [0.15, 0.2) is 0 Å². The number of guanidine groups is 1. The van der Waals surface area contributed by atoms with Crippen molar-refractivity contribution in [1.82, 2.24) is 15.1 Å². The SMILES string of the molecule is C=C/N=C1/C=NC(N2CCC3(CCN(C)C3)C2)=N/C1=C(/N)Nc1cc(C(=O)NC(=N)/C=C(\OC)C(C)(C)C)ccc1C. The van der Waals surface area contributed by atoms with Crippen LogP contribution in [0, 0.1) is 23.2 Å². The van der Waals surface area contributed by atoms with Gasteiger partial charge in [-0.15, -0.1) is 0 Å². The Kier molecular flexibility index (Phi) is 9.00. The molecular weight excluding hydrogens is 530 g/mol. The van der Waals surface area contributed by atoms with Crippen LogP contribution in [0.3, 0.4) is 0 Å². The molecule has 0 saturated carbocycles. The van der Waals surface area contributed by atoms with E-state index in [-0.39, 0.29) is 22.5 Å². The molecule has 3 heterocycles. The number of allylic oxidation sites excluding steroid dienone is 2. The first-order chi connectivity index (χ1) is 19.8. The second-order valence-electron chi connectivity index (χ2n) is 12.3. The molecule has 3 aliphatic rings. The van der Waals surface area contributed by atoms with Crippen LogP contribution >= 0.6 is 0 Å². The minimum absolute atomic E-state index is 0.0647. The first kappa shape index (κ1) is 30.7. The minimum atomic E-state index is -0.422. The molecule has 11 nitrogen and oxygen atoms in total. The summed E-state index contributed by atoms with van der Waals surface area (Å²) in [5, 5.41) is 14.1. The van der Waals surface area contributed by atoms with E-state index in [0.717, 1.165) is 38.2 Å². The molecule has 224 valence electrons. The molecular formula is C31H43N9O2. The summed E-state index contributed by atoms with van der Waals surface area (Å²) in [6.45, 7) is 15.5. The van der Waals surface area contributed by atoms with E-state index in [4.69, 9.17) is 20.9 Å². The van der Waals surface area contributed by atoms with E-state index in [1.165, 1.54) is 18.7 Å². The van der Waals surface area contributed by atoms with Crippen LogP contribution in [-0.4, -0.2) is 79.8 Å². The van der Waals surface area contributed by atoms with Crippen LogP contribution in [0.15, 0.2) is 69.3 Å². The summed E-state index contributed by atoms with van der Waals surface area (Å²) in [6.07, 6.45) is 6.90. The second kappa shape index (κ2) is 12.3. The van der Waals surface area contributed by atoms with Gasteiger partial charge in [-0.05, 0) is 51.1 Å². The maximum Gasteiger partial charge on any atom is 0.256 e. The standard InChI is InChI=1S/C31H43N9O2/c1-8-34-23-17-35-29(40-14-12-31(19-40)11-13-39(6)18-31)38-26(23)27(33)36-22-15-21(10-9-20(22)2)28(41)37-25(32)16-24(42-7)30(3,4)5/h8-10,15-17,36H,1,11-14,18-19,33H2,2-7H3,(H2,32,37,41)/b24-16-,27-26-,34-23-. The summed E-state index contributed by atoms with van der Waals surface area (Å²) in [4.78, 5) is 31.4. The average molecular weight is 574 g/mol. The van der Waals surface area contributed by atoms with E-state index < -0.39 is 5.91 Å². The Morgan fingerprint density at radius 2 is 2.00 bits per heavy atom. The van der Waals surface area contributed by atoms with Crippen molar-refractivity contribution in [1.29, 1.82) is 5.41 Å². The predicted octanol–water partition coefficient (Wildman–Crippen LogP) is 3.87. The molecule has 1 spiro atoms. The van der Waals surface area contributed by atoms with E-state index in [0.29, 0.717) is 34.4 Å². The van der Waals surface area contributed by atoms with E-state index in [1.807, 2.05) is 33.8 Å². The number of benzene rings is 1. The van der Waals surface area contributed by atoms with Gasteiger partial charge in [-0.1, -0.05) is 33.4 Å². The molecule has 1 aromatic carbocycles. The maximum atomic E-state index is 13.0. The quantitative estimate of drug-likeness (QED) is 0.231. The topological polar surface area (TPSA) is 144 Å². The number of anilines is 1. The van der Waals surface area contributed by atoms with E-state index >= 15 is 0 Å². The lowest BCUT2D eigenvalue weighted by atomic mass is 9.86. The third-order valence-electron chi connectivity index (χ3n) is 7.84. The number of aryl methyl sites for hydroxylation is 1. The first-order valence-corrected chi connectivity index (χ1v) is 14.1. The first-order valence-electron chi connectivity index (χ1n) is 14.1. The Hall–Kier alpha value is -4.25. The van der Waals surface area contributed by atoms with Crippen molar-refractivity contribution in [3.8, 4) is 0 Å². The number of amides is 1. The predicted molar refractivity (Wildman–Crippen MR) is 170 cm³/mol. The molecule has 0 aromatic heterocycles. The molecule has 5 N–H and O–H groups in total. The van der Waals surface area contributed by atoms with Crippen molar-refractivity contribution < 1.29 is 9.53 Å². The number of hydrogen-bond acceptors (Lipinski definition) is 10. The number of aliphatic imine (C=N–C) groups is 3. The molecule has 1 aromatic rings. The van der Waals surface area contributed by atoms with Gasteiger partial charge in [0, 0.05) is 54.0 Å². The fourth-order valence-electron chi connectivity index (χ4n) is 5.55.